The lowest BCUT2D eigenvalue weighted by Crippen LogP contribution is -2.05. The van der Waals surface area contributed by atoms with Crippen molar-refractivity contribution in [3.63, 3.8) is 0 Å². The van der Waals surface area contributed by atoms with E-state index in [4.69, 9.17) is 0 Å². The quantitative estimate of drug-likeness (QED) is 0.448. The monoisotopic (exact) mass is 150 g/mol. The highest BCUT2D eigenvalue weighted by atomic mass is 16.1. The summed E-state index contributed by atoms with van der Waals surface area (Å²) in [6, 6.07) is 1.62. The number of nitrogens with zero attached hydrogens (tertiary/aromatic N) is 2. The number of carbonyl (C=O) groups excluding carboxylic acids is 2. The maximum atomic E-state index is 10.2. The van der Waals surface area contributed by atoms with Gasteiger partial charge in [-0.3, -0.25) is 0 Å². The number of aromatic nitrogens is 2. The Labute approximate surface area is 63.3 Å². The fourth-order valence-corrected chi connectivity index (χ4v) is 0.637. The van der Waals surface area contributed by atoms with Gasteiger partial charge in [0.2, 0.25) is 0 Å². The van der Waals surface area contributed by atoms with Gasteiger partial charge in [0.15, 0.2) is 0 Å². The standard InChI is InChI=1S/C7H6N2O2/c10-4-6(5-11)7-8-2-1-3-9-7/h1-6H. The Bertz CT molecular complexity index is 240. The van der Waals surface area contributed by atoms with Gasteiger partial charge in [-0.25, -0.2) is 9.97 Å². The molecule has 0 amide bonds. The largest absolute Gasteiger partial charge is 0.302 e. The minimum atomic E-state index is -0.823. The van der Waals surface area contributed by atoms with Gasteiger partial charge >= 0.3 is 0 Å². The summed E-state index contributed by atoms with van der Waals surface area (Å²) in [6.07, 6.45) is 4.01. The van der Waals surface area contributed by atoms with E-state index in [2.05, 4.69) is 9.97 Å². The van der Waals surface area contributed by atoms with E-state index in [0.717, 1.165) is 0 Å². The first-order chi connectivity index (χ1) is 5.38. The van der Waals surface area contributed by atoms with Crippen LogP contribution in [0.1, 0.15) is 11.7 Å². The second kappa shape index (κ2) is 3.55. The van der Waals surface area contributed by atoms with Crippen LogP contribution in [-0.4, -0.2) is 22.5 Å². The number of hydrogen-bond donors (Lipinski definition) is 0. The molecule has 0 aliphatic carbocycles. The molecule has 0 atom stereocenters. The van der Waals surface area contributed by atoms with Crippen molar-refractivity contribution in [1.82, 2.24) is 9.97 Å². The van der Waals surface area contributed by atoms with Gasteiger partial charge in [0.05, 0.1) is 0 Å². The predicted molar refractivity (Wildman–Crippen MR) is 36.9 cm³/mol. The van der Waals surface area contributed by atoms with Crippen molar-refractivity contribution in [2.45, 2.75) is 5.92 Å². The smallest absolute Gasteiger partial charge is 0.145 e. The molecule has 1 aromatic rings. The molecule has 0 saturated carbocycles. The van der Waals surface area contributed by atoms with Crippen LogP contribution in [0.5, 0.6) is 0 Å². The molecule has 0 saturated heterocycles. The first-order valence-electron chi connectivity index (χ1n) is 3.06. The third-order valence-corrected chi connectivity index (χ3v) is 1.18. The van der Waals surface area contributed by atoms with Crippen LogP contribution >= 0.6 is 0 Å². The van der Waals surface area contributed by atoms with Gasteiger partial charge in [-0.2, -0.15) is 0 Å². The summed E-state index contributed by atoms with van der Waals surface area (Å²) in [4.78, 5) is 27.9. The zero-order valence-corrected chi connectivity index (χ0v) is 5.68. The molecule has 1 heterocycles. The summed E-state index contributed by atoms with van der Waals surface area (Å²) in [7, 11) is 0. The summed E-state index contributed by atoms with van der Waals surface area (Å²) in [5.41, 5.74) is 0. The molecule has 0 bridgehead atoms. The average molecular weight is 150 g/mol. The van der Waals surface area contributed by atoms with E-state index >= 15 is 0 Å². The number of carbonyl (C=O) groups is 2. The summed E-state index contributed by atoms with van der Waals surface area (Å²) >= 11 is 0. The summed E-state index contributed by atoms with van der Waals surface area (Å²) in [5, 5.41) is 0. The average Bonchev–Trinajstić information content (AvgIpc) is 2.09. The van der Waals surface area contributed by atoms with Crippen LogP contribution in [-0.2, 0) is 9.59 Å². The Kier molecular flexibility index (Phi) is 2.43. The van der Waals surface area contributed by atoms with E-state index in [1.807, 2.05) is 0 Å². The van der Waals surface area contributed by atoms with Gasteiger partial charge in [0.1, 0.15) is 24.3 Å². The third kappa shape index (κ3) is 1.67. The van der Waals surface area contributed by atoms with Crippen molar-refractivity contribution in [2.24, 2.45) is 0 Å². The molecule has 1 rings (SSSR count). The van der Waals surface area contributed by atoms with Crippen molar-refractivity contribution in [3.05, 3.63) is 24.3 Å². The zero-order chi connectivity index (χ0) is 8.10. The Hall–Kier alpha value is -1.58. The van der Waals surface area contributed by atoms with Crippen LogP contribution < -0.4 is 0 Å². The molecular weight excluding hydrogens is 144 g/mol. The van der Waals surface area contributed by atoms with Crippen LogP contribution in [0.15, 0.2) is 18.5 Å². The summed E-state index contributed by atoms with van der Waals surface area (Å²) in [5.74, 6) is -0.575. The molecule has 0 fully saturated rings. The van der Waals surface area contributed by atoms with E-state index in [1.54, 1.807) is 6.07 Å². The molecule has 0 aromatic carbocycles. The van der Waals surface area contributed by atoms with E-state index < -0.39 is 5.92 Å². The molecular formula is C7H6N2O2. The topological polar surface area (TPSA) is 59.9 Å². The highest BCUT2D eigenvalue weighted by Gasteiger charge is 2.09. The molecule has 0 radical (unpaired) electrons. The molecule has 11 heavy (non-hydrogen) atoms. The Morgan fingerprint density at radius 1 is 1.18 bits per heavy atom. The lowest BCUT2D eigenvalue weighted by molar-refractivity contribution is -0.116. The molecule has 0 aliphatic rings. The fourth-order valence-electron chi connectivity index (χ4n) is 0.637. The Morgan fingerprint density at radius 2 is 1.73 bits per heavy atom. The SMILES string of the molecule is O=CC(C=O)c1ncccn1. The van der Waals surface area contributed by atoms with E-state index in [1.165, 1.54) is 12.4 Å². The normalized spacial score (nSPS) is 9.55. The second-order valence-corrected chi connectivity index (χ2v) is 1.90. The number of hydrogen-bond acceptors (Lipinski definition) is 4. The first kappa shape index (κ1) is 7.53. The van der Waals surface area contributed by atoms with Crippen molar-refractivity contribution in [2.75, 3.05) is 0 Å². The summed E-state index contributed by atoms with van der Waals surface area (Å²) in [6.45, 7) is 0. The zero-order valence-electron chi connectivity index (χ0n) is 5.68. The van der Waals surface area contributed by atoms with Crippen molar-refractivity contribution in [3.8, 4) is 0 Å². The lowest BCUT2D eigenvalue weighted by Gasteiger charge is -1.96. The Morgan fingerprint density at radius 3 is 2.18 bits per heavy atom. The third-order valence-electron chi connectivity index (χ3n) is 1.18. The number of aldehydes is 2. The highest BCUT2D eigenvalue weighted by molar-refractivity contribution is 5.83. The van der Waals surface area contributed by atoms with Crippen molar-refractivity contribution >= 4 is 12.6 Å². The van der Waals surface area contributed by atoms with Gasteiger partial charge < -0.3 is 9.59 Å². The lowest BCUT2D eigenvalue weighted by atomic mass is 10.2. The van der Waals surface area contributed by atoms with Crippen LogP contribution in [0, 0.1) is 0 Å². The predicted octanol–water partition coefficient (Wildman–Crippen LogP) is -0.0420. The summed E-state index contributed by atoms with van der Waals surface area (Å²) < 4.78 is 0. The maximum absolute atomic E-state index is 10.2. The molecule has 4 nitrogen and oxygen atoms in total. The first-order valence-corrected chi connectivity index (χ1v) is 3.06. The molecule has 0 spiro atoms. The van der Waals surface area contributed by atoms with Gasteiger partial charge in [-0.1, -0.05) is 0 Å². The van der Waals surface area contributed by atoms with Crippen molar-refractivity contribution in [1.29, 1.82) is 0 Å². The molecule has 56 valence electrons. The van der Waals surface area contributed by atoms with Crippen LogP contribution in [0.3, 0.4) is 0 Å². The molecule has 1 aromatic heterocycles. The van der Waals surface area contributed by atoms with E-state index in [9.17, 15) is 9.59 Å². The van der Waals surface area contributed by atoms with Gasteiger partial charge in [0, 0.05) is 12.4 Å². The van der Waals surface area contributed by atoms with Crippen LogP contribution in [0.2, 0.25) is 0 Å². The van der Waals surface area contributed by atoms with Gasteiger partial charge in [-0.15, -0.1) is 0 Å². The van der Waals surface area contributed by atoms with Crippen LogP contribution in [0.4, 0.5) is 0 Å². The molecule has 0 unspecified atom stereocenters. The number of rotatable bonds is 3. The minimum Gasteiger partial charge on any atom is -0.302 e. The van der Waals surface area contributed by atoms with Gasteiger partial charge in [0.25, 0.3) is 0 Å². The van der Waals surface area contributed by atoms with Crippen molar-refractivity contribution < 1.29 is 9.59 Å². The van der Waals surface area contributed by atoms with Gasteiger partial charge in [-0.05, 0) is 6.07 Å². The minimum absolute atomic E-state index is 0.248. The van der Waals surface area contributed by atoms with E-state index in [0.29, 0.717) is 12.6 Å². The second-order valence-electron chi connectivity index (χ2n) is 1.90. The molecule has 0 N–H and O–H groups in total. The fraction of sp³-hybridized carbons (Fsp3) is 0.143. The Balaban J connectivity index is 2.90. The maximum Gasteiger partial charge on any atom is 0.145 e. The van der Waals surface area contributed by atoms with E-state index in [-0.39, 0.29) is 5.82 Å². The molecule has 4 heteroatoms. The molecule has 0 aliphatic heterocycles. The van der Waals surface area contributed by atoms with Crippen LogP contribution in [0.25, 0.3) is 0 Å². The highest BCUT2D eigenvalue weighted by Crippen LogP contribution is 2.01.